The lowest BCUT2D eigenvalue weighted by atomic mass is 10.1. The van der Waals surface area contributed by atoms with Gasteiger partial charge in [-0.2, -0.15) is 0 Å². The van der Waals surface area contributed by atoms with Crippen LogP contribution in [0.3, 0.4) is 0 Å². The average molecular weight is 167 g/mol. The molecule has 1 heteroatoms. The van der Waals surface area contributed by atoms with E-state index in [2.05, 4.69) is 30.4 Å². The molecule has 1 nitrogen and oxygen atoms in total. The third-order valence-corrected chi connectivity index (χ3v) is 2.48. The van der Waals surface area contributed by atoms with Gasteiger partial charge in [-0.15, -0.1) is 0 Å². The van der Waals surface area contributed by atoms with Crippen LogP contribution in [0.4, 0.5) is 0 Å². The summed E-state index contributed by atoms with van der Waals surface area (Å²) < 4.78 is 0. The van der Waals surface area contributed by atoms with Gasteiger partial charge in [0.25, 0.3) is 0 Å². The highest BCUT2D eigenvalue weighted by molar-refractivity contribution is 5.75. The Bertz CT molecular complexity index is 560. The Kier molecular flexibility index (Phi) is 1.10. The SMILES string of the molecule is NC1=Cc2cc3c(cc2=C1)C=CC=3. The smallest absolute Gasteiger partial charge is 0.0326 e. The molecule has 0 aromatic heterocycles. The first-order chi connectivity index (χ1) is 6.33. The predicted octanol–water partition coefficient (Wildman–Crippen LogP) is 0.588. The second-order valence-corrected chi connectivity index (χ2v) is 3.42. The van der Waals surface area contributed by atoms with E-state index in [1.54, 1.807) is 0 Å². The molecule has 0 bridgehead atoms. The van der Waals surface area contributed by atoms with Crippen molar-refractivity contribution in [1.29, 1.82) is 0 Å². The molecular weight excluding hydrogens is 158 g/mol. The van der Waals surface area contributed by atoms with Crippen LogP contribution in [0.15, 0.2) is 23.9 Å². The minimum Gasteiger partial charge on any atom is -0.399 e. The molecule has 0 aliphatic heterocycles. The van der Waals surface area contributed by atoms with Crippen LogP contribution < -0.4 is 16.2 Å². The lowest BCUT2D eigenvalue weighted by Gasteiger charge is -1.94. The molecule has 0 saturated carbocycles. The topological polar surface area (TPSA) is 26.0 Å². The number of hydrogen-bond acceptors (Lipinski definition) is 1. The van der Waals surface area contributed by atoms with Crippen LogP contribution in [-0.4, -0.2) is 0 Å². The molecule has 0 atom stereocenters. The number of allylic oxidation sites excluding steroid dienone is 2. The van der Waals surface area contributed by atoms with Gasteiger partial charge in [0, 0.05) is 5.70 Å². The van der Waals surface area contributed by atoms with Crippen LogP contribution in [-0.2, 0) is 0 Å². The third-order valence-electron chi connectivity index (χ3n) is 2.48. The molecule has 0 amide bonds. The van der Waals surface area contributed by atoms with E-state index in [0.29, 0.717) is 0 Å². The quantitative estimate of drug-likeness (QED) is 0.601. The molecule has 1 aromatic rings. The number of benzene rings is 1. The van der Waals surface area contributed by atoms with Crippen molar-refractivity contribution in [3.05, 3.63) is 45.5 Å². The standard InChI is InChI=1S/C12H9N/c13-12-6-10-4-8-2-1-3-9(8)5-11(10)7-12/h1-7H,13H2. The maximum absolute atomic E-state index is 5.72. The molecule has 0 heterocycles. The summed E-state index contributed by atoms with van der Waals surface area (Å²) in [5.41, 5.74) is 9.09. The summed E-state index contributed by atoms with van der Waals surface area (Å²) in [7, 11) is 0. The summed E-state index contributed by atoms with van der Waals surface area (Å²) in [4.78, 5) is 0. The monoisotopic (exact) mass is 167 g/mol. The molecule has 2 N–H and O–H groups in total. The van der Waals surface area contributed by atoms with Crippen molar-refractivity contribution in [3.63, 3.8) is 0 Å². The first kappa shape index (κ1) is 6.72. The van der Waals surface area contributed by atoms with Crippen molar-refractivity contribution < 1.29 is 0 Å². The van der Waals surface area contributed by atoms with E-state index in [0.717, 1.165) is 5.70 Å². The van der Waals surface area contributed by atoms with Crippen LogP contribution >= 0.6 is 0 Å². The highest BCUT2D eigenvalue weighted by Gasteiger charge is 2.04. The number of rotatable bonds is 0. The van der Waals surface area contributed by atoms with E-state index in [1.165, 1.54) is 21.6 Å². The van der Waals surface area contributed by atoms with Crippen molar-refractivity contribution in [2.75, 3.05) is 0 Å². The van der Waals surface area contributed by atoms with Crippen molar-refractivity contribution in [1.82, 2.24) is 0 Å². The lowest BCUT2D eigenvalue weighted by Crippen LogP contribution is -2.12. The molecule has 2 aliphatic rings. The third kappa shape index (κ3) is 0.872. The van der Waals surface area contributed by atoms with E-state index >= 15 is 0 Å². The maximum Gasteiger partial charge on any atom is 0.0326 e. The Morgan fingerprint density at radius 1 is 0.923 bits per heavy atom. The molecule has 0 unspecified atom stereocenters. The lowest BCUT2D eigenvalue weighted by molar-refractivity contribution is 1.51. The number of hydrogen-bond donors (Lipinski definition) is 1. The molecule has 0 saturated heterocycles. The molecule has 2 aliphatic carbocycles. The van der Waals surface area contributed by atoms with Gasteiger partial charge in [0.1, 0.15) is 0 Å². The molecule has 0 fully saturated rings. The van der Waals surface area contributed by atoms with Gasteiger partial charge < -0.3 is 5.73 Å². The summed E-state index contributed by atoms with van der Waals surface area (Å²) in [5.74, 6) is 0. The Morgan fingerprint density at radius 3 is 2.69 bits per heavy atom. The van der Waals surface area contributed by atoms with Crippen LogP contribution in [0.1, 0.15) is 11.1 Å². The highest BCUT2D eigenvalue weighted by atomic mass is 14.6. The van der Waals surface area contributed by atoms with Crippen LogP contribution in [0.2, 0.25) is 0 Å². The molecule has 62 valence electrons. The summed E-state index contributed by atoms with van der Waals surface area (Å²) in [6.45, 7) is 0. The fraction of sp³-hybridized carbons (Fsp3) is 0. The summed E-state index contributed by atoms with van der Waals surface area (Å²) >= 11 is 0. The van der Waals surface area contributed by atoms with Gasteiger partial charge in [0.05, 0.1) is 0 Å². The van der Waals surface area contributed by atoms with Gasteiger partial charge in [-0.1, -0.05) is 18.2 Å². The first-order valence-corrected chi connectivity index (χ1v) is 4.34. The van der Waals surface area contributed by atoms with E-state index in [1.807, 2.05) is 12.2 Å². The van der Waals surface area contributed by atoms with Crippen LogP contribution in [0.5, 0.6) is 0 Å². The fourth-order valence-electron chi connectivity index (χ4n) is 1.86. The Balaban J connectivity index is 2.42. The Hall–Kier alpha value is -1.76. The van der Waals surface area contributed by atoms with Crippen molar-refractivity contribution in [2.24, 2.45) is 5.73 Å². The fourth-order valence-corrected chi connectivity index (χ4v) is 1.86. The Labute approximate surface area is 76.2 Å². The second kappa shape index (κ2) is 2.13. The summed E-state index contributed by atoms with van der Waals surface area (Å²) in [5, 5.41) is 2.52. The molecule has 0 radical (unpaired) electrons. The highest BCUT2D eigenvalue weighted by Crippen LogP contribution is 2.08. The summed E-state index contributed by atoms with van der Waals surface area (Å²) in [6, 6.07) is 4.36. The van der Waals surface area contributed by atoms with Gasteiger partial charge in [-0.3, -0.25) is 0 Å². The zero-order valence-electron chi connectivity index (χ0n) is 7.12. The van der Waals surface area contributed by atoms with E-state index < -0.39 is 0 Å². The van der Waals surface area contributed by atoms with Crippen molar-refractivity contribution >= 4 is 24.3 Å². The summed E-state index contributed by atoms with van der Waals surface area (Å²) in [6.07, 6.45) is 10.4. The van der Waals surface area contributed by atoms with Gasteiger partial charge in [0.2, 0.25) is 0 Å². The first-order valence-electron chi connectivity index (χ1n) is 4.34. The average Bonchev–Trinajstić information content (AvgIpc) is 2.63. The molecule has 1 aromatic carbocycles. The van der Waals surface area contributed by atoms with Gasteiger partial charge in [-0.25, -0.2) is 0 Å². The normalized spacial score (nSPS) is 15.8. The van der Waals surface area contributed by atoms with Gasteiger partial charge in [-0.05, 0) is 45.8 Å². The van der Waals surface area contributed by atoms with Gasteiger partial charge >= 0.3 is 0 Å². The van der Waals surface area contributed by atoms with Crippen LogP contribution in [0.25, 0.3) is 24.3 Å². The zero-order valence-corrected chi connectivity index (χ0v) is 7.12. The molecular formula is C12H9N. The maximum atomic E-state index is 5.72. The largest absolute Gasteiger partial charge is 0.399 e. The number of fused-ring (bicyclic) bond motifs is 2. The van der Waals surface area contributed by atoms with Crippen molar-refractivity contribution in [3.8, 4) is 0 Å². The minimum atomic E-state index is 0.850. The van der Waals surface area contributed by atoms with E-state index in [-0.39, 0.29) is 0 Å². The second-order valence-electron chi connectivity index (χ2n) is 3.42. The van der Waals surface area contributed by atoms with E-state index in [4.69, 9.17) is 5.73 Å². The zero-order chi connectivity index (χ0) is 8.84. The molecule has 3 rings (SSSR count). The minimum absolute atomic E-state index is 0.850. The van der Waals surface area contributed by atoms with Crippen LogP contribution in [0, 0.1) is 0 Å². The predicted molar refractivity (Wildman–Crippen MR) is 55.8 cm³/mol. The molecule has 0 spiro atoms. The van der Waals surface area contributed by atoms with E-state index in [9.17, 15) is 0 Å². The van der Waals surface area contributed by atoms with Crippen molar-refractivity contribution in [2.45, 2.75) is 0 Å². The molecule has 13 heavy (non-hydrogen) atoms. The van der Waals surface area contributed by atoms with Gasteiger partial charge in [0.15, 0.2) is 0 Å². The number of nitrogens with two attached hydrogens (primary N) is 1. The Morgan fingerprint density at radius 2 is 1.77 bits per heavy atom.